The van der Waals surface area contributed by atoms with Gasteiger partial charge in [0.05, 0.1) is 6.54 Å². The molecule has 0 aromatic carbocycles. The van der Waals surface area contributed by atoms with E-state index in [1.165, 1.54) is 0 Å². The van der Waals surface area contributed by atoms with Crippen LogP contribution >= 0.6 is 0 Å². The molecule has 0 atom stereocenters. The van der Waals surface area contributed by atoms with Crippen LogP contribution in [0, 0.1) is 23.2 Å². The van der Waals surface area contributed by atoms with Gasteiger partial charge in [-0.1, -0.05) is 5.92 Å². The highest BCUT2D eigenvalue weighted by Crippen LogP contribution is 2.24. The minimum Gasteiger partial charge on any atom is -0.292 e. The van der Waals surface area contributed by atoms with Crippen LogP contribution in [0.1, 0.15) is 19.8 Å². The Morgan fingerprint density at radius 1 is 1.46 bits per heavy atom. The molecule has 0 saturated carbocycles. The van der Waals surface area contributed by atoms with Crippen molar-refractivity contribution in [3.05, 3.63) is 0 Å². The van der Waals surface area contributed by atoms with Gasteiger partial charge in [-0.2, -0.15) is 5.26 Å². The van der Waals surface area contributed by atoms with Crippen molar-refractivity contribution in [1.82, 2.24) is 4.90 Å². The molecule has 1 fully saturated rings. The van der Waals surface area contributed by atoms with E-state index in [0.29, 0.717) is 32.5 Å². The molecule has 1 heterocycles. The smallest absolute Gasteiger partial charge is 0.198 e. The molecule has 0 aromatic heterocycles. The molecule has 3 heteroatoms. The first-order valence-electron chi connectivity index (χ1n) is 4.42. The molecule has 0 unspecified atom stereocenters. The van der Waals surface area contributed by atoms with Gasteiger partial charge in [-0.25, -0.2) is 4.39 Å². The van der Waals surface area contributed by atoms with E-state index in [-0.39, 0.29) is 0 Å². The lowest BCUT2D eigenvalue weighted by atomic mass is 9.95. The van der Waals surface area contributed by atoms with Crippen molar-refractivity contribution >= 4 is 0 Å². The van der Waals surface area contributed by atoms with E-state index in [0.717, 1.165) is 0 Å². The molecule has 13 heavy (non-hydrogen) atoms. The van der Waals surface area contributed by atoms with Crippen LogP contribution in [-0.2, 0) is 0 Å². The van der Waals surface area contributed by atoms with Crippen molar-refractivity contribution in [2.24, 2.45) is 0 Å². The van der Waals surface area contributed by atoms with E-state index >= 15 is 0 Å². The Balaban J connectivity index is 2.38. The Morgan fingerprint density at radius 2 is 2.08 bits per heavy atom. The molecule has 0 N–H and O–H groups in total. The zero-order chi connectivity index (χ0) is 9.73. The van der Waals surface area contributed by atoms with Crippen LogP contribution in [0.4, 0.5) is 4.39 Å². The van der Waals surface area contributed by atoms with Gasteiger partial charge in [0.1, 0.15) is 6.07 Å². The van der Waals surface area contributed by atoms with Crippen LogP contribution in [0.5, 0.6) is 0 Å². The molecular formula is C10H13FN2. The maximum atomic E-state index is 13.4. The number of halogens is 1. The van der Waals surface area contributed by atoms with Gasteiger partial charge in [-0.15, -0.1) is 5.92 Å². The Bertz CT molecular complexity index is 261. The first kappa shape index (κ1) is 10.0. The molecule has 0 amide bonds. The maximum Gasteiger partial charge on any atom is 0.198 e. The molecule has 0 bridgehead atoms. The summed E-state index contributed by atoms with van der Waals surface area (Å²) in [5.41, 5.74) is -1.59. The van der Waals surface area contributed by atoms with Crippen LogP contribution in [0.25, 0.3) is 0 Å². The monoisotopic (exact) mass is 180 g/mol. The van der Waals surface area contributed by atoms with Crippen LogP contribution in [0.2, 0.25) is 0 Å². The van der Waals surface area contributed by atoms with Crippen LogP contribution in [0.15, 0.2) is 0 Å². The van der Waals surface area contributed by atoms with Crippen molar-refractivity contribution in [3.63, 3.8) is 0 Å². The summed E-state index contributed by atoms with van der Waals surface area (Å²) < 4.78 is 13.4. The Hall–Kier alpha value is -1.06. The molecule has 0 radical (unpaired) electrons. The van der Waals surface area contributed by atoms with Crippen molar-refractivity contribution in [2.45, 2.75) is 25.4 Å². The van der Waals surface area contributed by atoms with Crippen LogP contribution < -0.4 is 0 Å². The fraction of sp³-hybridized carbons (Fsp3) is 0.700. The molecule has 0 aliphatic carbocycles. The van der Waals surface area contributed by atoms with Gasteiger partial charge in [0.2, 0.25) is 0 Å². The number of piperidine rings is 1. The number of likely N-dealkylation sites (tertiary alicyclic amines) is 1. The molecule has 70 valence electrons. The fourth-order valence-corrected chi connectivity index (χ4v) is 1.37. The summed E-state index contributed by atoms with van der Waals surface area (Å²) in [4.78, 5) is 2.08. The van der Waals surface area contributed by atoms with Crippen LogP contribution in [-0.4, -0.2) is 30.2 Å². The first-order valence-corrected chi connectivity index (χ1v) is 4.42. The number of alkyl halides is 1. The Kier molecular flexibility index (Phi) is 3.28. The van der Waals surface area contributed by atoms with Gasteiger partial charge in [-0.05, 0) is 6.92 Å². The molecule has 1 saturated heterocycles. The highest BCUT2D eigenvalue weighted by Gasteiger charge is 2.33. The van der Waals surface area contributed by atoms with Gasteiger partial charge in [-0.3, -0.25) is 4.90 Å². The quantitative estimate of drug-likeness (QED) is 0.569. The van der Waals surface area contributed by atoms with E-state index < -0.39 is 5.67 Å². The average molecular weight is 180 g/mol. The maximum absolute atomic E-state index is 13.4. The van der Waals surface area contributed by atoms with Gasteiger partial charge in [0, 0.05) is 25.9 Å². The fourth-order valence-electron chi connectivity index (χ4n) is 1.37. The van der Waals surface area contributed by atoms with Crippen molar-refractivity contribution in [2.75, 3.05) is 19.6 Å². The van der Waals surface area contributed by atoms with Gasteiger partial charge in [0.25, 0.3) is 0 Å². The molecule has 1 aliphatic heterocycles. The SMILES string of the molecule is CC#CCN1CCC(F)(C#N)CC1. The second kappa shape index (κ2) is 4.25. The van der Waals surface area contributed by atoms with E-state index in [1.54, 1.807) is 13.0 Å². The van der Waals surface area contributed by atoms with Crippen molar-refractivity contribution < 1.29 is 4.39 Å². The standard InChI is InChI=1S/C10H13FN2/c1-2-3-6-13-7-4-10(11,9-12)5-8-13/h4-8H2,1H3. The van der Waals surface area contributed by atoms with E-state index in [9.17, 15) is 4.39 Å². The normalized spacial score (nSPS) is 21.3. The highest BCUT2D eigenvalue weighted by molar-refractivity contribution is 5.05. The molecule has 1 rings (SSSR count). The summed E-state index contributed by atoms with van der Waals surface area (Å²) in [6.45, 7) is 3.76. The zero-order valence-corrected chi connectivity index (χ0v) is 7.81. The number of hydrogen-bond acceptors (Lipinski definition) is 2. The molecule has 0 spiro atoms. The van der Waals surface area contributed by atoms with Crippen LogP contribution in [0.3, 0.4) is 0 Å². The summed E-state index contributed by atoms with van der Waals surface area (Å²) in [7, 11) is 0. The number of nitriles is 1. The highest BCUT2D eigenvalue weighted by atomic mass is 19.1. The number of nitrogens with zero attached hydrogens (tertiary/aromatic N) is 2. The molecule has 1 aliphatic rings. The minimum absolute atomic E-state index is 0.314. The Morgan fingerprint density at radius 3 is 2.54 bits per heavy atom. The third-order valence-corrected chi connectivity index (χ3v) is 2.33. The van der Waals surface area contributed by atoms with Crippen molar-refractivity contribution in [1.29, 1.82) is 5.26 Å². The predicted molar refractivity (Wildman–Crippen MR) is 48.6 cm³/mol. The summed E-state index contributed by atoms with van der Waals surface area (Å²) in [5, 5.41) is 8.54. The number of hydrogen-bond donors (Lipinski definition) is 0. The van der Waals surface area contributed by atoms with Gasteiger partial charge in [0.15, 0.2) is 5.67 Å². The first-order chi connectivity index (χ1) is 6.20. The summed E-state index contributed by atoms with van der Waals surface area (Å²) in [5.74, 6) is 5.73. The predicted octanol–water partition coefficient (Wildman–Crippen LogP) is 1.34. The second-order valence-corrected chi connectivity index (χ2v) is 3.28. The third kappa shape index (κ3) is 2.72. The summed E-state index contributed by atoms with van der Waals surface area (Å²) >= 11 is 0. The lowest BCUT2D eigenvalue weighted by molar-refractivity contribution is 0.111. The zero-order valence-electron chi connectivity index (χ0n) is 7.81. The summed E-state index contributed by atoms with van der Waals surface area (Å²) in [6, 6.07) is 1.73. The third-order valence-electron chi connectivity index (χ3n) is 2.33. The van der Waals surface area contributed by atoms with Gasteiger partial charge < -0.3 is 0 Å². The van der Waals surface area contributed by atoms with E-state index in [4.69, 9.17) is 5.26 Å². The van der Waals surface area contributed by atoms with Crippen molar-refractivity contribution in [3.8, 4) is 17.9 Å². The Labute approximate surface area is 78.3 Å². The average Bonchev–Trinajstić information content (AvgIpc) is 2.17. The molecule has 0 aromatic rings. The lowest BCUT2D eigenvalue weighted by Gasteiger charge is -2.30. The lowest BCUT2D eigenvalue weighted by Crippen LogP contribution is -2.41. The molecule has 2 nitrogen and oxygen atoms in total. The van der Waals surface area contributed by atoms with E-state index in [1.807, 2.05) is 0 Å². The minimum atomic E-state index is -1.59. The van der Waals surface area contributed by atoms with E-state index in [2.05, 4.69) is 16.7 Å². The van der Waals surface area contributed by atoms with Gasteiger partial charge >= 0.3 is 0 Å². The summed E-state index contributed by atoms with van der Waals surface area (Å²) in [6.07, 6.45) is 0.629. The topological polar surface area (TPSA) is 27.0 Å². The second-order valence-electron chi connectivity index (χ2n) is 3.28. The largest absolute Gasteiger partial charge is 0.292 e. The number of rotatable bonds is 1. The molecular weight excluding hydrogens is 167 g/mol.